The van der Waals surface area contributed by atoms with Crippen LogP contribution in [0.2, 0.25) is 5.02 Å². The number of nitrogens with one attached hydrogen (secondary N) is 1. The number of amides is 1. The smallest absolute Gasteiger partial charge is 0.267 e. The molecule has 0 saturated carbocycles. The average molecular weight is 381 g/mol. The zero-order valence-corrected chi connectivity index (χ0v) is 14.3. The minimum absolute atomic E-state index is 0.179. The Bertz CT molecular complexity index is 826. The minimum Gasteiger partial charge on any atom is -0.321 e. The molecule has 0 radical (unpaired) electrons. The Hall–Kier alpha value is -1.36. The van der Waals surface area contributed by atoms with Crippen LogP contribution >= 0.6 is 38.9 Å². The van der Waals surface area contributed by atoms with Gasteiger partial charge in [-0.25, -0.2) is 0 Å². The van der Waals surface area contributed by atoms with Crippen LogP contribution < -0.4 is 5.32 Å². The molecular formula is C16H11BrClNOS. The largest absolute Gasteiger partial charge is 0.321 e. The number of fused-ring (bicyclic) bond motifs is 1. The van der Waals surface area contributed by atoms with E-state index in [4.69, 9.17) is 11.6 Å². The Balaban J connectivity index is 1.94. The summed E-state index contributed by atoms with van der Waals surface area (Å²) in [4.78, 5) is 12.9. The molecule has 1 N–H and O–H groups in total. The highest BCUT2D eigenvalue weighted by atomic mass is 79.9. The lowest BCUT2D eigenvalue weighted by atomic mass is 10.2. The number of thiophene rings is 1. The quantitative estimate of drug-likeness (QED) is 0.591. The molecular weight excluding hydrogens is 370 g/mol. The normalized spacial score (nSPS) is 10.8. The van der Waals surface area contributed by atoms with E-state index in [-0.39, 0.29) is 5.91 Å². The molecule has 106 valence electrons. The first kappa shape index (κ1) is 14.6. The summed E-state index contributed by atoms with van der Waals surface area (Å²) in [6, 6.07) is 13.4. The number of carbonyl (C=O) groups excluding carboxylic acids is 1. The first-order chi connectivity index (χ1) is 10.0. The Morgan fingerprint density at radius 3 is 2.62 bits per heavy atom. The van der Waals surface area contributed by atoms with E-state index in [0.29, 0.717) is 9.90 Å². The maximum absolute atomic E-state index is 12.4. The van der Waals surface area contributed by atoms with Crippen LogP contribution in [0.3, 0.4) is 0 Å². The average Bonchev–Trinajstić information content (AvgIpc) is 2.78. The zero-order valence-electron chi connectivity index (χ0n) is 11.1. The van der Waals surface area contributed by atoms with E-state index < -0.39 is 0 Å². The first-order valence-electron chi connectivity index (χ1n) is 6.30. The predicted molar refractivity (Wildman–Crippen MR) is 93.7 cm³/mol. The van der Waals surface area contributed by atoms with Crippen molar-refractivity contribution in [1.82, 2.24) is 0 Å². The van der Waals surface area contributed by atoms with Crippen LogP contribution in [0.4, 0.5) is 5.69 Å². The van der Waals surface area contributed by atoms with Gasteiger partial charge in [0.1, 0.15) is 4.88 Å². The fourth-order valence-electron chi connectivity index (χ4n) is 2.04. The van der Waals surface area contributed by atoms with Crippen molar-refractivity contribution in [2.24, 2.45) is 0 Å². The molecule has 1 amide bonds. The third-order valence-electron chi connectivity index (χ3n) is 3.09. The van der Waals surface area contributed by atoms with Crippen LogP contribution in [-0.4, -0.2) is 5.91 Å². The molecule has 2 nitrogen and oxygen atoms in total. The molecule has 0 aliphatic rings. The molecule has 0 atom stereocenters. The summed E-state index contributed by atoms with van der Waals surface area (Å²) in [6.07, 6.45) is 0. The summed E-state index contributed by atoms with van der Waals surface area (Å²) >= 11 is 11.1. The SMILES string of the molecule is Cc1ccc2c(Cl)c(C(=O)Nc3ccc(Br)cc3)sc2c1. The Labute approximate surface area is 139 Å². The summed E-state index contributed by atoms with van der Waals surface area (Å²) in [7, 11) is 0. The second-order valence-corrected chi connectivity index (χ2v) is 7.05. The summed E-state index contributed by atoms with van der Waals surface area (Å²) < 4.78 is 2.00. The van der Waals surface area contributed by atoms with Crippen LogP contribution in [0.1, 0.15) is 15.2 Å². The molecule has 0 unspecified atom stereocenters. The van der Waals surface area contributed by atoms with Crippen LogP contribution in [0.15, 0.2) is 46.9 Å². The van der Waals surface area contributed by atoms with Gasteiger partial charge in [0, 0.05) is 20.2 Å². The van der Waals surface area contributed by atoms with E-state index in [9.17, 15) is 4.79 Å². The van der Waals surface area contributed by atoms with E-state index in [1.54, 1.807) is 0 Å². The summed E-state index contributed by atoms with van der Waals surface area (Å²) in [5.74, 6) is -0.179. The molecule has 0 spiro atoms. The fourth-order valence-corrected chi connectivity index (χ4v) is 3.81. The van der Waals surface area contributed by atoms with Crippen molar-refractivity contribution in [1.29, 1.82) is 0 Å². The lowest BCUT2D eigenvalue weighted by Crippen LogP contribution is -2.10. The van der Waals surface area contributed by atoms with Gasteiger partial charge in [-0.05, 0) is 42.8 Å². The molecule has 0 fully saturated rings. The third kappa shape index (κ3) is 2.98. The van der Waals surface area contributed by atoms with Gasteiger partial charge in [-0.3, -0.25) is 4.79 Å². The number of rotatable bonds is 2. The van der Waals surface area contributed by atoms with Crippen molar-refractivity contribution < 1.29 is 4.79 Å². The predicted octanol–water partition coefficient (Wildman–Crippen LogP) is 5.88. The highest BCUT2D eigenvalue weighted by Crippen LogP contribution is 2.36. The number of carbonyl (C=O) groups is 1. The molecule has 0 saturated heterocycles. The van der Waals surface area contributed by atoms with E-state index in [0.717, 1.165) is 25.8 Å². The Morgan fingerprint density at radius 1 is 1.19 bits per heavy atom. The zero-order chi connectivity index (χ0) is 15.0. The first-order valence-corrected chi connectivity index (χ1v) is 8.29. The Kier molecular flexibility index (Phi) is 4.02. The standard InChI is InChI=1S/C16H11BrClNOS/c1-9-2-7-12-13(8-9)21-15(14(12)18)16(20)19-11-5-3-10(17)4-6-11/h2-8H,1H3,(H,19,20). The van der Waals surface area contributed by atoms with E-state index in [2.05, 4.69) is 21.2 Å². The molecule has 1 aromatic heterocycles. The van der Waals surface area contributed by atoms with Gasteiger partial charge in [-0.2, -0.15) is 0 Å². The molecule has 3 rings (SSSR count). The van der Waals surface area contributed by atoms with Crippen molar-refractivity contribution in [3.05, 3.63) is 62.4 Å². The van der Waals surface area contributed by atoms with Crippen molar-refractivity contribution in [3.63, 3.8) is 0 Å². The van der Waals surface area contributed by atoms with Crippen LogP contribution in [0, 0.1) is 6.92 Å². The maximum atomic E-state index is 12.4. The molecule has 2 aromatic carbocycles. The third-order valence-corrected chi connectivity index (χ3v) is 5.28. The lowest BCUT2D eigenvalue weighted by Gasteiger charge is -2.03. The number of hydrogen-bond acceptors (Lipinski definition) is 2. The minimum atomic E-state index is -0.179. The van der Waals surface area contributed by atoms with Crippen LogP contribution in [0.5, 0.6) is 0 Å². The molecule has 21 heavy (non-hydrogen) atoms. The van der Waals surface area contributed by atoms with Gasteiger partial charge >= 0.3 is 0 Å². The number of anilines is 1. The second-order valence-electron chi connectivity index (χ2n) is 4.71. The second kappa shape index (κ2) is 5.79. The molecule has 0 aliphatic carbocycles. The number of benzene rings is 2. The monoisotopic (exact) mass is 379 g/mol. The van der Waals surface area contributed by atoms with E-state index in [1.165, 1.54) is 11.3 Å². The highest BCUT2D eigenvalue weighted by Gasteiger charge is 2.17. The highest BCUT2D eigenvalue weighted by molar-refractivity contribution is 9.10. The Morgan fingerprint density at radius 2 is 1.90 bits per heavy atom. The van der Waals surface area contributed by atoms with Gasteiger partial charge < -0.3 is 5.32 Å². The number of aryl methyl sites for hydroxylation is 1. The molecule has 3 aromatic rings. The van der Waals surface area contributed by atoms with Gasteiger partial charge in [0.2, 0.25) is 0 Å². The molecule has 1 heterocycles. The molecule has 0 aliphatic heterocycles. The fraction of sp³-hybridized carbons (Fsp3) is 0.0625. The van der Waals surface area contributed by atoms with Crippen LogP contribution in [0.25, 0.3) is 10.1 Å². The van der Waals surface area contributed by atoms with Crippen molar-refractivity contribution in [2.75, 3.05) is 5.32 Å². The summed E-state index contributed by atoms with van der Waals surface area (Å²) in [5, 5.41) is 4.31. The topological polar surface area (TPSA) is 29.1 Å². The maximum Gasteiger partial charge on any atom is 0.267 e. The van der Waals surface area contributed by atoms with Crippen LogP contribution in [-0.2, 0) is 0 Å². The van der Waals surface area contributed by atoms with E-state index >= 15 is 0 Å². The van der Waals surface area contributed by atoms with E-state index in [1.807, 2.05) is 49.4 Å². The van der Waals surface area contributed by atoms with Gasteiger partial charge in [-0.15, -0.1) is 11.3 Å². The molecule has 0 bridgehead atoms. The summed E-state index contributed by atoms with van der Waals surface area (Å²) in [6.45, 7) is 2.02. The molecule has 5 heteroatoms. The number of hydrogen-bond donors (Lipinski definition) is 1. The van der Waals surface area contributed by atoms with Crippen molar-refractivity contribution in [3.8, 4) is 0 Å². The lowest BCUT2D eigenvalue weighted by molar-refractivity contribution is 0.103. The van der Waals surface area contributed by atoms with Gasteiger partial charge in [0.05, 0.1) is 5.02 Å². The number of halogens is 2. The van der Waals surface area contributed by atoms with Gasteiger partial charge in [-0.1, -0.05) is 39.7 Å². The van der Waals surface area contributed by atoms with Gasteiger partial charge in [0.25, 0.3) is 5.91 Å². The van der Waals surface area contributed by atoms with Gasteiger partial charge in [0.15, 0.2) is 0 Å². The summed E-state index contributed by atoms with van der Waals surface area (Å²) in [5.41, 5.74) is 1.90. The van der Waals surface area contributed by atoms with Crippen molar-refractivity contribution in [2.45, 2.75) is 6.92 Å². The van der Waals surface area contributed by atoms with Crippen molar-refractivity contribution >= 4 is 60.5 Å².